The zero-order valence-electron chi connectivity index (χ0n) is 5.30. The number of hydrogen-bond acceptors (Lipinski definition) is 2. The lowest BCUT2D eigenvalue weighted by Gasteiger charge is -1.81. The van der Waals surface area contributed by atoms with Crippen molar-refractivity contribution in [3.8, 4) is 0 Å². The van der Waals surface area contributed by atoms with E-state index in [0.717, 1.165) is 5.82 Å². The summed E-state index contributed by atoms with van der Waals surface area (Å²) < 4.78 is 6.19. The first kappa shape index (κ1) is 5.69. The van der Waals surface area contributed by atoms with Crippen LogP contribution >= 0.6 is 11.5 Å². The average Bonchev–Trinajstić information content (AvgIpc) is 1.98. The van der Waals surface area contributed by atoms with E-state index in [4.69, 9.17) is 0 Å². The second kappa shape index (κ2) is 1.82. The molecule has 0 atom stereocenters. The van der Waals surface area contributed by atoms with Gasteiger partial charge in [-0.25, -0.2) is 4.57 Å². The topological polar surface area (TPSA) is 16.8 Å². The highest BCUT2D eigenvalue weighted by Crippen LogP contribution is 1.95. The van der Waals surface area contributed by atoms with Gasteiger partial charge in [0.15, 0.2) is 5.01 Å². The molecule has 0 aromatic carbocycles. The van der Waals surface area contributed by atoms with Crippen molar-refractivity contribution in [2.24, 2.45) is 7.05 Å². The van der Waals surface area contributed by atoms with E-state index < -0.39 is 0 Å². The van der Waals surface area contributed by atoms with Crippen molar-refractivity contribution in [3.05, 3.63) is 10.8 Å². The number of nitrogens with zero attached hydrogens (tertiary/aromatic N) is 2. The summed E-state index contributed by atoms with van der Waals surface area (Å²) in [6.45, 7) is 4.06. The molecule has 0 aliphatic carbocycles. The van der Waals surface area contributed by atoms with Crippen LogP contribution < -0.4 is 4.57 Å². The van der Waals surface area contributed by atoms with Gasteiger partial charge in [0.25, 0.3) is 0 Å². The highest BCUT2D eigenvalue weighted by Gasteiger charge is 2.07. The van der Waals surface area contributed by atoms with E-state index in [1.54, 1.807) is 11.5 Å². The molecule has 0 amide bonds. The summed E-state index contributed by atoms with van der Waals surface area (Å²) in [5.74, 6) is 1.09. The predicted molar refractivity (Wildman–Crippen MR) is 32.8 cm³/mol. The quantitative estimate of drug-likeness (QED) is 0.468. The first-order chi connectivity index (χ1) is 3.72. The Morgan fingerprint density at radius 1 is 1.50 bits per heavy atom. The van der Waals surface area contributed by atoms with Crippen molar-refractivity contribution >= 4 is 11.5 Å². The number of rotatable bonds is 0. The molecule has 3 heteroatoms. The molecule has 0 N–H and O–H groups in total. The van der Waals surface area contributed by atoms with Crippen LogP contribution in [0.3, 0.4) is 0 Å². The molecule has 0 bridgehead atoms. The zero-order valence-corrected chi connectivity index (χ0v) is 6.12. The fourth-order valence-electron chi connectivity index (χ4n) is 0.482. The van der Waals surface area contributed by atoms with Gasteiger partial charge in [-0.3, -0.25) is 0 Å². The largest absolute Gasteiger partial charge is 0.310 e. The molecule has 2 nitrogen and oxygen atoms in total. The Labute approximate surface area is 53.0 Å². The molecule has 0 unspecified atom stereocenters. The van der Waals surface area contributed by atoms with Gasteiger partial charge < -0.3 is 0 Å². The maximum absolute atomic E-state index is 4.12. The minimum absolute atomic E-state index is 1.09. The third-order valence-electron chi connectivity index (χ3n) is 1.27. The summed E-state index contributed by atoms with van der Waals surface area (Å²) in [6.07, 6.45) is 0. The van der Waals surface area contributed by atoms with Gasteiger partial charge in [-0.2, -0.15) is 0 Å². The van der Waals surface area contributed by atoms with Crippen molar-refractivity contribution in [2.75, 3.05) is 0 Å². The summed E-state index contributed by atoms with van der Waals surface area (Å²) in [6, 6.07) is 0. The maximum atomic E-state index is 4.12. The lowest BCUT2D eigenvalue weighted by molar-refractivity contribution is -0.680. The minimum Gasteiger partial charge on any atom is -0.222 e. The van der Waals surface area contributed by atoms with Gasteiger partial charge in [0.05, 0.1) is 7.05 Å². The van der Waals surface area contributed by atoms with Gasteiger partial charge in [-0.05, 0) is 0 Å². The number of hydrogen-bond donors (Lipinski definition) is 0. The van der Waals surface area contributed by atoms with Gasteiger partial charge in [-0.1, -0.05) is 0 Å². The molecule has 0 aliphatic heterocycles. The van der Waals surface area contributed by atoms with Gasteiger partial charge in [0.2, 0.25) is 0 Å². The first-order valence-electron chi connectivity index (χ1n) is 2.50. The van der Waals surface area contributed by atoms with E-state index in [1.807, 2.05) is 14.0 Å². The maximum Gasteiger partial charge on any atom is 0.310 e. The Kier molecular flexibility index (Phi) is 1.29. The summed E-state index contributed by atoms with van der Waals surface area (Å²) >= 11 is 1.54. The monoisotopic (exact) mass is 129 g/mol. The van der Waals surface area contributed by atoms with Crippen molar-refractivity contribution in [2.45, 2.75) is 13.8 Å². The molecule has 0 aliphatic rings. The Morgan fingerprint density at radius 3 is 2.25 bits per heavy atom. The SMILES string of the molecule is Cc1nsc(C)[n+]1C. The van der Waals surface area contributed by atoms with Crippen molar-refractivity contribution in [1.29, 1.82) is 0 Å². The Bertz CT molecular complexity index is 173. The number of aryl methyl sites for hydroxylation is 2. The Balaban J connectivity index is 3.19. The summed E-state index contributed by atoms with van der Waals surface area (Å²) in [4.78, 5) is 0. The first-order valence-corrected chi connectivity index (χ1v) is 3.28. The zero-order chi connectivity index (χ0) is 6.15. The normalized spacial score (nSPS) is 9.88. The fraction of sp³-hybridized carbons (Fsp3) is 0.600. The van der Waals surface area contributed by atoms with Gasteiger partial charge in [0, 0.05) is 18.2 Å². The molecule has 1 heterocycles. The lowest BCUT2D eigenvalue weighted by atomic mass is 10.6. The van der Waals surface area contributed by atoms with E-state index in [9.17, 15) is 0 Å². The van der Waals surface area contributed by atoms with E-state index in [1.165, 1.54) is 5.01 Å². The molecule has 0 saturated carbocycles. The second-order valence-corrected chi connectivity index (χ2v) is 2.76. The van der Waals surface area contributed by atoms with Crippen LogP contribution in [0.25, 0.3) is 0 Å². The van der Waals surface area contributed by atoms with E-state index in [2.05, 4.69) is 15.9 Å². The predicted octanol–water partition coefficient (Wildman–Crippen LogP) is 0.584. The molecule has 1 aromatic rings. The molecular formula is C5H9N2S+. The average molecular weight is 129 g/mol. The highest BCUT2D eigenvalue weighted by molar-refractivity contribution is 7.04. The van der Waals surface area contributed by atoms with E-state index in [-0.39, 0.29) is 0 Å². The minimum atomic E-state index is 1.09. The molecule has 1 rings (SSSR count). The van der Waals surface area contributed by atoms with Crippen LogP contribution in [0, 0.1) is 13.8 Å². The molecule has 0 saturated heterocycles. The molecule has 0 fully saturated rings. The standard InChI is InChI=1S/C5H9N2S/c1-4-6-8-5(2)7(4)3/h1-3H3/q+1. The van der Waals surface area contributed by atoms with Crippen LogP contribution in [0.5, 0.6) is 0 Å². The lowest BCUT2D eigenvalue weighted by Crippen LogP contribution is -2.31. The van der Waals surface area contributed by atoms with Gasteiger partial charge >= 0.3 is 5.82 Å². The molecule has 0 radical (unpaired) electrons. The summed E-state index contributed by atoms with van der Waals surface area (Å²) in [5, 5.41) is 1.25. The number of aromatic nitrogens is 2. The third-order valence-corrected chi connectivity index (χ3v) is 2.16. The van der Waals surface area contributed by atoms with Crippen molar-refractivity contribution in [1.82, 2.24) is 4.37 Å². The molecule has 1 aromatic heterocycles. The molecule has 8 heavy (non-hydrogen) atoms. The van der Waals surface area contributed by atoms with Gasteiger partial charge in [0.1, 0.15) is 11.5 Å². The third kappa shape index (κ3) is 0.733. The Morgan fingerprint density at radius 2 is 2.12 bits per heavy atom. The van der Waals surface area contributed by atoms with Crippen molar-refractivity contribution < 1.29 is 4.57 Å². The van der Waals surface area contributed by atoms with Crippen LogP contribution in [-0.2, 0) is 7.05 Å². The van der Waals surface area contributed by atoms with E-state index >= 15 is 0 Å². The molecular weight excluding hydrogens is 120 g/mol. The second-order valence-electron chi connectivity index (χ2n) is 1.81. The van der Waals surface area contributed by atoms with Crippen LogP contribution in [-0.4, -0.2) is 4.37 Å². The van der Waals surface area contributed by atoms with Crippen LogP contribution in [0.2, 0.25) is 0 Å². The van der Waals surface area contributed by atoms with Crippen LogP contribution in [0.4, 0.5) is 0 Å². The molecule has 0 spiro atoms. The molecule has 44 valence electrons. The smallest absolute Gasteiger partial charge is 0.222 e. The van der Waals surface area contributed by atoms with Gasteiger partial charge in [-0.15, -0.1) is 0 Å². The summed E-state index contributed by atoms with van der Waals surface area (Å²) in [5.41, 5.74) is 0. The summed E-state index contributed by atoms with van der Waals surface area (Å²) in [7, 11) is 2.02. The Hall–Kier alpha value is -0.440. The van der Waals surface area contributed by atoms with E-state index in [0.29, 0.717) is 0 Å². The highest BCUT2D eigenvalue weighted by atomic mass is 32.1. The fourth-order valence-corrected chi connectivity index (χ4v) is 1.12. The van der Waals surface area contributed by atoms with Crippen LogP contribution in [0.1, 0.15) is 10.8 Å². The van der Waals surface area contributed by atoms with Crippen LogP contribution in [0.15, 0.2) is 0 Å². The van der Waals surface area contributed by atoms with Crippen molar-refractivity contribution in [3.63, 3.8) is 0 Å².